The molecule has 17 heavy (non-hydrogen) atoms. The molecule has 0 saturated carbocycles. The average Bonchev–Trinajstić information content (AvgIpc) is 2.28. The van der Waals surface area contributed by atoms with Gasteiger partial charge in [-0.3, -0.25) is 9.59 Å². The highest BCUT2D eigenvalue weighted by Crippen LogP contribution is 2.05. The van der Waals surface area contributed by atoms with Crippen molar-refractivity contribution in [2.24, 2.45) is 0 Å². The first-order valence-electron chi connectivity index (χ1n) is 5.13. The highest BCUT2D eigenvalue weighted by Gasteiger charge is 2.15. The van der Waals surface area contributed by atoms with Crippen molar-refractivity contribution in [2.45, 2.75) is 0 Å². The van der Waals surface area contributed by atoms with Gasteiger partial charge in [0.25, 0.3) is 5.91 Å². The molecule has 1 aromatic carbocycles. The Labute approximate surface area is 99.6 Å². The van der Waals surface area contributed by atoms with Crippen molar-refractivity contribution in [1.82, 2.24) is 9.80 Å². The summed E-state index contributed by atoms with van der Waals surface area (Å²) >= 11 is 0. The van der Waals surface area contributed by atoms with Crippen LogP contribution in [0, 0.1) is 5.82 Å². The number of carbonyl (C=O) groups is 2. The zero-order valence-electron chi connectivity index (χ0n) is 10.1. The first kappa shape index (κ1) is 13.2. The normalized spacial score (nSPS) is 9.88. The van der Waals surface area contributed by atoms with Gasteiger partial charge in [-0.1, -0.05) is 0 Å². The number of rotatable bonds is 3. The summed E-state index contributed by atoms with van der Waals surface area (Å²) in [7, 11) is 4.78. The van der Waals surface area contributed by atoms with Crippen molar-refractivity contribution >= 4 is 11.8 Å². The number of hydrogen-bond acceptors (Lipinski definition) is 2. The lowest BCUT2D eigenvalue weighted by Crippen LogP contribution is -2.37. The maximum atomic E-state index is 12.7. The number of halogens is 1. The molecule has 0 bridgehead atoms. The second-order valence-electron chi connectivity index (χ2n) is 3.96. The molecule has 0 fully saturated rings. The Morgan fingerprint density at radius 2 is 1.65 bits per heavy atom. The van der Waals surface area contributed by atoms with Crippen molar-refractivity contribution in [3.05, 3.63) is 35.6 Å². The van der Waals surface area contributed by atoms with Crippen molar-refractivity contribution in [3.8, 4) is 0 Å². The minimum absolute atomic E-state index is 0.00318. The van der Waals surface area contributed by atoms with E-state index in [2.05, 4.69) is 0 Å². The number of nitrogens with zero attached hydrogens (tertiary/aromatic N) is 2. The van der Waals surface area contributed by atoms with E-state index in [1.807, 2.05) is 0 Å². The molecule has 0 aliphatic heterocycles. The minimum atomic E-state index is -0.395. The van der Waals surface area contributed by atoms with Crippen molar-refractivity contribution < 1.29 is 14.0 Å². The largest absolute Gasteiger partial charge is 0.347 e. The molecule has 0 saturated heterocycles. The summed E-state index contributed by atoms with van der Waals surface area (Å²) in [6.45, 7) is 0.00318. The third-order valence-electron chi connectivity index (χ3n) is 2.31. The van der Waals surface area contributed by atoms with Crippen molar-refractivity contribution in [1.29, 1.82) is 0 Å². The van der Waals surface area contributed by atoms with Gasteiger partial charge in [0, 0.05) is 26.7 Å². The standard InChI is InChI=1S/C12H15FN2O2/c1-14(2)11(16)8-15(3)12(17)9-4-6-10(13)7-5-9/h4-7H,8H2,1-3H3. The van der Waals surface area contributed by atoms with E-state index in [0.29, 0.717) is 5.56 Å². The zero-order chi connectivity index (χ0) is 13.0. The average molecular weight is 238 g/mol. The van der Waals surface area contributed by atoms with E-state index in [9.17, 15) is 14.0 Å². The Bertz CT molecular complexity index is 415. The summed E-state index contributed by atoms with van der Waals surface area (Å²) in [6, 6.07) is 5.23. The third-order valence-corrected chi connectivity index (χ3v) is 2.31. The Morgan fingerprint density at radius 1 is 1.12 bits per heavy atom. The lowest BCUT2D eigenvalue weighted by Gasteiger charge is -2.19. The third kappa shape index (κ3) is 3.55. The fraction of sp³-hybridized carbons (Fsp3) is 0.333. The summed E-state index contributed by atoms with van der Waals surface area (Å²) in [5.41, 5.74) is 0.362. The lowest BCUT2D eigenvalue weighted by atomic mass is 10.2. The van der Waals surface area contributed by atoms with Crippen LogP contribution in [0.2, 0.25) is 0 Å². The lowest BCUT2D eigenvalue weighted by molar-refractivity contribution is -0.129. The molecular weight excluding hydrogens is 223 g/mol. The van der Waals surface area contributed by atoms with E-state index in [1.165, 1.54) is 41.1 Å². The molecule has 0 aliphatic carbocycles. The molecule has 0 atom stereocenters. The minimum Gasteiger partial charge on any atom is -0.347 e. The Balaban J connectivity index is 2.70. The highest BCUT2D eigenvalue weighted by molar-refractivity contribution is 5.96. The molecule has 92 valence electrons. The molecule has 0 unspecified atom stereocenters. The van der Waals surface area contributed by atoms with Crippen LogP contribution in [0.1, 0.15) is 10.4 Å². The summed E-state index contributed by atoms with van der Waals surface area (Å²) in [5.74, 6) is -0.864. The molecule has 0 radical (unpaired) electrons. The van der Waals surface area contributed by atoms with Crippen LogP contribution in [0.25, 0.3) is 0 Å². The first-order chi connectivity index (χ1) is 7.91. The van der Waals surface area contributed by atoms with Crippen LogP contribution >= 0.6 is 0 Å². The Morgan fingerprint density at radius 3 is 2.12 bits per heavy atom. The second-order valence-corrected chi connectivity index (χ2v) is 3.96. The summed E-state index contributed by atoms with van der Waals surface area (Å²) in [6.07, 6.45) is 0. The maximum Gasteiger partial charge on any atom is 0.254 e. The van der Waals surface area contributed by atoms with Gasteiger partial charge in [-0.25, -0.2) is 4.39 Å². The van der Waals surface area contributed by atoms with E-state index in [1.54, 1.807) is 14.1 Å². The molecule has 1 aromatic rings. The number of likely N-dealkylation sites (N-methyl/N-ethyl adjacent to an activating group) is 2. The maximum absolute atomic E-state index is 12.7. The van der Waals surface area contributed by atoms with E-state index >= 15 is 0 Å². The van der Waals surface area contributed by atoms with Crippen LogP contribution in [0.5, 0.6) is 0 Å². The van der Waals surface area contributed by atoms with Gasteiger partial charge in [-0.2, -0.15) is 0 Å². The van der Waals surface area contributed by atoms with Gasteiger partial charge in [-0.15, -0.1) is 0 Å². The van der Waals surface area contributed by atoms with E-state index in [-0.39, 0.29) is 18.4 Å². The predicted octanol–water partition coefficient (Wildman–Crippen LogP) is 0.986. The molecule has 0 aromatic heterocycles. The van der Waals surface area contributed by atoms with Crippen LogP contribution in [-0.4, -0.2) is 49.3 Å². The molecule has 5 heteroatoms. The van der Waals surface area contributed by atoms with E-state index < -0.39 is 5.82 Å². The first-order valence-corrected chi connectivity index (χ1v) is 5.13. The van der Waals surface area contributed by atoms with Crippen LogP contribution in [0.4, 0.5) is 4.39 Å². The number of carbonyl (C=O) groups excluding carboxylic acids is 2. The molecule has 0 spiro atoms. The van der Waals surface area contributed by atoms with Gasteiger partial charge in [0.05, 0.1) is 6.54 Å². The summed E-state index contributed by atoms with van der Waals surface area (Å²) in [4.78, 5) is 26.0. The van der Waals surface area contributed by atoms with Gasteiger partial charge >= 0.3 is 0 Å². The van der Waals surface area contributed by atoms with E-state index in [4.69, 9.17) is 0 Å². The molecule has 0 heterocycles. The van der Waals surface area contributed by atoms with Gasteiger partial charge < -0.3 is 9.80 Å². The van der Waals surface area contributed by atoms with Crippen molar-refractivity contribution in [3.63, 3.8) is 0 Å². The number of benzene rings is 1. The number of hydrogen-bond donors (Lipinski definition) is 0. The summed E-state index contributed by atoms with van der Waals surface area (Å²) in [5, 5.41) is 0. The summed E-state index contributed by atoms with van der Waals surface area (Å²) < 4.78 is 12.7. The highest BCUT2D eigenvalue weighted by atomic mass is 19.1. The topological polar surface area (TPSA) is 40.6 Å². The molecule has 2 amide bonds. The Hall–Kier alpha value is -1.91. The molecule has 4 nitrogen and oxygen atoms in total. The fourth-order valence-corrected chi connectivity index (χ4v) is 1.23. The predicted molar refractivity (Wildman–Crippen MR) is 62.1 cm³/mol. The zero-order valence-corrected chi connectivity index (χ0v) is 10.1. The molecule has 0 N–H and O–H groups in total. The van der Waals surface area contributed by atoms with Crippen molar-refractivity contribution in [2.75, 3.05) is 27.7 Å². The van der Waals surface area contributed by atoms with E-state index in [0.717, 1.165) is 0 Å². The Kier molecular flexibility index (Phi) is 4.20. The van der Waals surface area contributed by atoms with Gasteiger partial charge in [-0.05, 0) is 24.3 Å². The van der Waals surface area contributed by atoms with Gasteiger partial charge in [0.2, 0.25) is 5.91 Å². The van der Waals surface area contributed by atoms with Gasteiger partial charge in [0.15, 0.2) is 0 Å². The molecule has 1 rings (SSSR count). The van der Waals surface area contributed by atoms with Crippen LogP contribution < -0.4 is 0 Å². The number of amides is 2. The molecular formula is C12H15FN2O2. The van der Waals surface area contributed by atoms with Crippen LogP contribution in [-0.2, 0) is 4.79 Å². The molecule has 0 aliphatic rings. The smallest absolute Gasteiger partial charge is 0.254 e. The van der Waals surface area contributed by atoms with Crippen LogP contribution in [0.15, 0.2) is 24.3 Å². The quantitative estimate of drug-likeness (QED) is 0.787. The monoisotopic (exact) mass is 238 g/mol. The van der Waals surface area contributed by atoms with Gasteiger partial charge in [0.1, 0.15) is 5.82 Å². The second kappa shape index (κ2) is 5.43. The van der Waals surface area contributed by atoms with Crippen LogP contribution in [0.3, 0.4) is 0 Å². The fourth-order valence-electron chi connectivity index (χ4n) is 1.23. The SMILES string of the molecule is CN(C)C(=O)CN(C)C(=O)c1ccc(F)cc1.